The van der Waals surface area contributed by atoms with Crippen LogP contribution in [0.5, 0.6) is 0 Å². The van der Waals surface area contributed by atoms with Crippen molar-refractivity contribution >= 4 is 32.6 Å². The average molecular weight is 415 g/mol. The van der Waals surface area contributed by atoms with E-state index in [9.17, 15) is 22.8 Å². The summed E-state index contributed by atoms with van der Waals surface area (Å²) in [5.74, 6) is -1.34. The Morgan fingerprint density at radius 3 is 2.24 bits per heavy atom. The van der Waals surface area contributed by atoms with Gasteiger partial charge in [-0.15, -0.1) is 0 Å². The Balaban J connectivity index is 1.77. The van der Waals surface area contributed by atoms with E-state index in [0.717, 1.165) is 4.68 Å². The molecule has 10 nitrogen and oxygen atoms in total. The van der Waals surface area contributed by atoms with Crippen molar-refractivity contribution in [3.8, 4) is 0 Å². The number of benzene rings is 2. The molecular weight excluding hydrogens is 398 g/mol. The van der Waals surface area contributed by atoms with Gasteiger partial charge in [0, 0.05) is 11.9 Å². The molecule has 0 unspecified atom stereocenters. The third-order valence-electron chi connectivity index (χ3n) is 4.14. The van der Waals surface area contributed by atoms with E-state index in [-0.39, 0.29) is 22.5 Å². The van der Waals surface area contributed by atoms with Crippen LogP contribution in [-0.4, -0.2) is 30.0 Å². The van der Waals surface area contributed by atoms with E-state index in [1.165, 1.54) is 30.3 Å². The van der Waals surface area contributed by atoms with Crippen LogP contribution in [0.3, 0.4) is 0 Å². The molecule has 0 aliphatic heterocycles. The van der Waals surface area contributed by atoms with Crippen molar-refractivity contribution in [2.75, 3.05) is 0 Å². The summed E-state index contributed by atoms with van der Waals surface area (Å²) in [6.07, 6.45) is 0. The van der Waals surface area contributed by atoms with Crippen molar-refractivity contribution in [1.82, 2.24) is 15.1 Å². The Morgan fingerprint density at radius 2 is 1.66 bits per heavy atom. The number of primary sulfonamides is 1. The second kappa shape index (κ2) is 7.81. The van der Waals surface area contributed by atoms with E-state index in [1.54, 1.807) is 18.2 Å². The number of carbonyl (C=O) groups is 2. The predicted octanol–water partition coefficient (Wildman–Crippen LogP) is -0.541. The number of aromatic nitrogens is 2. The highest BCUT2D eigenvalue weighted by Crippen LogP contribution is 2.12. The van der Waals surface area contributed by atoms with Gasteiger partial charge < -0.3 is 11.1 Å². The van der Waals surface area contributed by atoms with Gasteiger partial charge in [0.1, 0.15) is 6.54 Å². The summed E-state index contributed by atoms with van der Waals surface area (Å²) < 4.78 is 23.4. The summed E-state index contributed by atoms with van der Waals surface area (Å²) in [5.41, 5.74) is 5.33. The number of nitrogens with two attached hydrogens (primary N) is 2. The van der Waals surface area contributed by atoms with Gasteiger partial charge >= 0.3 is 0 Å². The molecule has 0 radical (unpaired) electrons. The lowest BCUT2D eigenvalue weighted by molar-refractivity contribution is -0.122. The third kappa shape index (κ3) is 4.47. The van der Waals surface area contributed by atoms with Gasteiger partial charge in [-0.1, -0.05) is 30.3 Å². The maximum Gasteiger partial charge on any atom is 0.275 e. The number of primary amides is 1. The standard InChI is InChI=1S/C18H17N5O5S/c19-17(25)16-13-3-1-2-4-14(13)18(26)23(22-16)10-15(24)21-9-11-5-7-12(8-6-11)29(20,27)28/h1-8H,9-10H2,(H2,19,25)(H,21,24)(H2,20,27,28). The molecule has 0 saturated heterocycles. The van der Waals surface area contributed by atoms with Gasteiger partial charge in [-0.2, -0.15) is 5.10 Å². The van der Waals surface area contributed by atoms with Crippen molar-refractivity contribution in [3.63, 3.8) is 0 Å². The monoisotopic (exact) mass is 415 g/mol. The molecule has 0 spiro atoms. The quantitative estimate of drug-likeness (QED) is 0.488. The summed E-state index contributed by atoms with van der Waals surface area (Å²) >= 11 is 0. The highest BCUT2D eigenvalue weighted by molar-refractivity contribution is 7.89. The van der Waals surface area contributed by atoms with Crippen molar-refractivity contribution in [1.29, 1.82) is 0 Å². The Kier molecular flexibility index (Phi) is 5.43. The van der Waals surface area contributed by atoms with Crippen LogP contribution in [0.4, 0.5) is 0 Å². The molecule has 1 heterocycles. The zero-order valence-corrected chi connectivity index (χ0v) is 15.8. The summed E-state index contributed by atoms with van der Waals surface area (Å²) in [5, 5.41) is 12.1. The van der Waals surface area contributed by atoms with Crippen molar-refractivity contribution in [2.45, 2.75) is 18.0 Å². The van der Waals surface area contributed by atoms with Crippen LogP contribution in [-0.2, 0) is 27.9 Å². The Labute approximate surface area is 165 Å². The maximum atomic E-state index is 12.5. The van der Waals surface area contributed by atoms with Crippen LogP contribution < -0.4 is 21.7 Å². The maximum absolute atomic E-state index is 12.5. The molecule has 150 valence electrons. The number of hydrogen-bond acceptors (Lipinski definition) is 6. The molecule has 0 aliphatic carbocycles. The molecule has 0 aliphatic rings. The van der Waals surface area contributed by atoms with E-state index in [4.69, 9.17) is 10.9 Å². The lowest BCUT2D eigenvalue weighted by atomic mass is 10.1. The van der Waals surface area contributed by atoms with Crippen LogP contribution in [0.1, 0.15) is 16.1 Å². The number of sulfonamides is 1. The number of nitrogens with one attached hydrogen (secondary N) is 1. The van der Waals surface area contributed by atoms with E-state index >= 15 is 0 Å². The lowest BCUT2D eigenvalue weighted by Gasteiger charge is -2.10. The molecule has 0 saturated carbocycles. The topological polar surface area (TPSA) is 167 Å². The third-order valence-corrected chi connectivity index (χ3v) is 5.07. The number of fused-ring (bicyclic) bond motifs is 1. The number of rotatable bonds is 6. The zero-order chi connectivity index (χ0) is 21.2. The molecule has 11 heteroatoms. The van der Waals surface area contributed by atoms with Gasteiger partial charge in [0.15, 0.2) is 5.69 Å². The van der Waals surface area contributed by atoms with Gasteiger partial charge in [-0.3, -0.25) is 14.4 Å². The van der Waals surface area contributed by atoms with Crippen LogP contribution in [0.2, 0.25) is 0 Å². The van der Waals surface area contributed by atoms with Crippen LogP contribution >= 0.6 is 0 Å². The van der Waals surface area contributed by atoms with Crippen LogP contribution in [0, 0.1) is 0 Å². The molecule has 2 aromatic carbocycles. The summed E-state index contributed by atoms with van der Waals surface area (Å²) in [7, 11) is -3.80. The van der Waals surface area contributed by atoms with Crippen LogP contribution in [0.25, 0.3) is 10.8 Å². The fourth-order valence-electron chi connectivity index (χ4n) is 2.71. The lowest BCUT2D eigenvalue weighted by Crippen LogP contribution is -2.35. The van der Waals surface area contributed by atoms with E-state index in [0.29, 0.717) is 10.9 Å². The smallest absolute Gasteiger partial charge is 0.275 e. The minimum atomic E-state index is -3.80. The second-order valence-electron chi connectivity index (χ2n) is 6.19. The highest BCUT2D eigenvalue weighted by atomic mass is 32.2. The first-order valence-electron chi connectivity index (χ1n) is 8.35. The molecule has 2 amide bonds. The predicted molar refractivity (Wildman–Crippen MR) is 104 cm³/mol. The molecule has 5 N–H and O–H groups in total. The molecule has 1 aromatic heterocycles. The molecule has 3 aromatic rings. The van der Waals surface area contributed by atoms with Gasteiger partial charge in [0.2, 0.25) is 15.9 Å². The van der Waals surface area contributed by atoms with Gasteiger partial charge in [-0.25, -0.2) is 18.2 Å². The van der Waals surface area contributed by atoms with Gasteiger partial charge in [0.05, 0.1) is 10.3 Å². The first kappa shape index (κ1) is 20.2. The van der Waals surface area contributed by atoms with Gasteiger partial charge in [0.25, 0.3) is 11.5 Å². The number of carbonyl (C=O) groups excluding carboxylic acids is 2. The fourth-order valence-corrected chi connectivity index (χ4v) is 3.23. The minimum Gasteiger partial charge on any atom is -0.364 e. The Morgan fingerprint density at radius 1 is 1.03 bits per heavy atom. The summed E-state index contributed by atoms with van der Waals surface area (Å²) in [4.78, 5) is 36.4. The zero-order valence-electron chi connectivity index (χ0n) is 15.0. The fraction of sp³-hybridized carbons (Fsp3) is 0.111. The second-order valence-corrected chi connectivity index (χ2v) is 7.75. The van der Waals surface area contributed by atoms with Crippen molar-refractivity contribution < 1.29 is 18.0 Å². The first-order chi connectivity index (χ1) is 13.7. The molecule has 0 bridgehead atoms. The largest absolute Gasteiger partial charge is 0.364 e. The SMILES string of the molecule is NC(=O)c1nn(CC(=O)NCc2ccc(S(N)(=O)=O)cc2)c(=O)c2ccccc12. The number of hydrogen-bond donors (Lipinski definition) is 3. The molecular formula is C18H17N5O5S. The van der Waals surface area contributed by atoms with Gasteiger partial charge in [-0.05, 0) is 23.8 Å². The average Bonchev–Trinajstić information content (AvgIpc) is 2.68. The Bertz CT molecular complexity index is 1270. The minimum absolute atomic E-state index is 0.0431. The highest BCUT2D eigenvalue weighted by Gasteiger charge is 2.16. The van der Waals surface area contributed by atoms with Crippen molar-refractivity contribution in [3.05, 3.63) is 70.1 Å². The Hall–Kier alpha value is -3.57. The van der Waals surface area contributed by atoms with Crippen molar-refractivity contribution in [2.24, 2.45) is 10.9 Å². The first-order valence-corrected chi connectivity index (χ1v) is 9.89. The normalized spacial score (nSPS) is 11.3. The van der Waals surface area contributed by atoms with E-state index in [1.807, 2.05) is 0 Å². The summed E-state index contributed by atoms with van der Waals surface area (Å²) in [6.45, 7) is -0.325. The number of amides is 2. The van der Waals surface area contributed by atoms with E-state index in [2.05, 4.69) is 10.4 Å². The molecule has 0 fully saturated rings. The molecule has 3 rings (SSSR count). The van der Waals surface area contributed by atoms with Crippen LogP contribution in [0.15, 0.2) is 58.2 Å². The van der Waals surface area contributed by atoms with E-state index < -0.39 is 33.9 Å². The molecule has 29 heavy (non-hydrogen) atoms. The summed E-state index contributed by atoms with van der Waals surface area (Å²) in [6, 6.07) is 12.0. The number of nitrogens with zero attached hydrogens (tertiary/aromatic N) is 2. The molecule has 0 atom stereocenters.